The number of halogens is 1. The molecule has 0 aliphatic rings. The minimum Gasteiger partial charge on any atom is -0.337 e. The van der Waals surface area contributed by atoms with Crippen LogP contribution < -0.4 is 5.32 Å². The van der Waals surface area contributed by atoms with Gasteiger partial charge in [-0.15, -0.1) is 0 Å². The number of benzene rings is 1. The molecule has 0 bridgehead atoms. The van der Waals surface area contributed by atoms with E-state index in [9.17, 15) is 4.39 Å². The van der Waals surface area contributed by atoms with Crippen molar-refractivity contribution in [2.24, 2.45) is 0 Å². The second-order valence-electron chi connectivity index (χ2n) is 3.93. The molecule has 1 N–H and O–H groups in total. The first-order chi connectivity index (χ1) is 8.11. The van der Waals surface area contributed by atoms with E-state index >= 15 is 0 Å². The fourth-order valence-electron chi connectivity index (χ4n) is 1.38. The topological polar surface area (TPSA) is 51.0 Å². The van der Waals surface area contributed by atoms with Crippen LogP contribution in [0.3, 0.4) is 0 Å². The van der Waals surface area contributed by atoms with E-state index in [4.69, 9.17) is 4.52 Å². The summed E-state index contributed by atoms with van der Waals surface area (Å²) in [6, 6.07) is 4.86. The summed E-state index contributed by atoms with van der Waals surface area (Å²) >= 11 is 0. The quantitative estimate of drug-likeness (QED) is 0.887. The van der Waals surface area contributed by atoms with Gasteiger partial charge in [0.25, 0.3) is 0 Å². The van der Waals surface area contributed by atoms with Crippen LogP contribution in [-0.2, 0) is 0 Å². The van der Waals surface area contributed by atoms with Gasteiger partial charge in [-0.2, -0.15) is 4.98 Å². The Morgan fingerprint density at radius 1 is 1.41 bits per heavy atom. The number of nitrogens with one attached hydrogen (secondary N) is 1. The molecule has 4 nitrogen and oxygen atoms in total. The molecule has 17 heavy (non-hydrogen) atoms. The molecule has 1 unspecified atom stereocenters. The Morgan fingerprint density at radius 2 is 2.18 bits per heavy atom. The summed E-state index contributed by atoms with van der Waals surface area (Å²) in [5.41, 5.74) is 1.22. The molecule has 0 saturated carbocycles. The molecule has 0 fully saturated rings. The molecule has 1 heterocycles. The van der Waals surface area contributed by atoms with Gasteiger partial charge in [-0.3, -0.25) is 0 Å². The summed E-state index contributed by atoms with van der Waals surface area (Å²) in [5.74, 6) is 0.625. The van der Waals surface area contributed by atoms with Crippen LogP contribution in [0.4, 0.5) is 4.39 Å². The predicted molar refractivity (Wildman–Crippen MR) is 61.9 cm³/mol. The molecule has 0 aliphatic carbocycles. The van der Waals surface area contributed by atoms with Crippen molar-refractivity contribution < 1.29 is 8.91 Å². The van der Waals surface area contributed by atoms with E-state index < -0.39 is 0 Å². The smallest absolute Gasteiger partial charge is 0.243 e. The van der Waals surface area contributed by atoms with Gasteiger partial charge in [0.15, 0.2) is 0 Å². The second-order valence-corrected chi connectivity index (χ2v) is 3.93. The molecular weight excluding hydrogens is 221 g/mol. The average molecular weight is 235 g/mol. The van der Waals surface area contributed by atoms with E-state index in [2.05, 4.69) is 15.5 Å². The standard InChI is InChI=1S/C12H14FN3O/c1-7-4-5-9(6-10(7)13)11-15-12(17-16-11)8(2)14-3/h4-6,8,14H,1-3H3. The van der Waals surface area contributed by atoms with Crippen LogP contribution in [-0.4, -0.2) is 17.2 Å². The Kier molecular flexibility index (Phi) is 3.19. The molecule has 1 aromatic heterocycles. The van der Waals surface area contributed by atoms with Crippen LogP contribution >= 0.6 is 0 Å². The Labute approximate surface area is 98.8 Å². The third-order valence-electron chi connectivity index (χ3n) is 2.68. The molecule has 0 aliphatic heterocycles. The van der Waals surface area contributed by atoms with Gasteiger partial charge >= 0.3 is 0 Å². The zero-order valence-electron chi connectivity index (χ0n) is 9.99. The zero-order chi connectivity index (χ0) is 12.4. The molecular formula is C12H14FN3O. The Morgan fingerprint density at radius 3 is 2.82 bits per heavy atom. The van der Waals surface area contributed by atoms with Gasteiger partial charge in [-0.1, -0.05) is 17.3 Å². The van der Waals surface area contributed by atoms with Gasteiger partial charge in [-0.25, -0.2) is 4.39 Å². The lowest BCUT2D eigenvalue weighted by molar-refractivity contribution is 0.347. The summed E-state index contributed by atoms with van der Waals surface area (Å²) in [6.07, 6.45) is 0. The van der Waals surface area contributed by atoms with Crippen molar-refractivity contribution >= 4 is 0 Å². The minimum absolute atomic E-state index is 0.0217. The van der Waals surface area contributed by atoms with Crippen molar-refractivity contribution in [3.63, 3.8) is 0 Å². The zero-order valence-corrected chi connectivity index (χ0v) is 9.99. The Hall–Kier alpha value is -1.75. The molecule has 1 aromatic carbocycles. The molecule has 2 aromatic rings. The molecule has 5 heteroatoms. The largest absolute Gasteiger partial charge is 0.337 e. The third-order valence-corrected chi connectivity index (χ3v) is 2.68. The number of rotatable bonds is 3. The Balaban J connectivity index is 2.33. The highest BCUT2D eigenvalue weighted by molar-refractivity contribution is 5.54. The van der Waals surface area contributed by atoms with Crippen molar-refractivity contribution in [2.75, 3.05) is 7.05 Å². The lowest BCUT2D eigenvalue weighted by Gasteiger charge is -2.01. The minimum atomic E-state index is -0.268. The highest BCUT2D eigenvalue weighted by Crippen LogP contribution is 2.20. The average Bonchev–Trinajstić information content (AvgIpc) is 2.81. The maximum absolute atomic E-state index is 13.4. The number of nitrogens with zero attached hydrogens (tertiary/aromatic N) is 2. The van der Waals surface area contributed by atoms with Crippen LogP contribution in [0, 0.1) is 12.7 Å². The van der Waals surface area contributed by atoms with Crippen LogP contribution in [0.5, 0.6) is 0 Å². The molecule has 1 atom stereocenters. The van der Waals surface area contributed by atoms with E-state index in [-0.39, 0.29) is 11.9 Å². The monoisotopic (exact) mass is 235 g/mol. The van der Waals surface area contributed by atoms with Gasteiger partial charge in [0.1, 0.15) is 5.82 Å². The van der Waals surface area contributed by atoms with Crippen molar-refractivity contribution in [1.29, 1.82) is 0 Å². The lowest BCUT2D eigenvalue weighted by atomic mass is 10.1. The molecule has 0 spiro atoms. The molecule has 0 amide bonds. The van der Waals surface area contributed by atoms with Gasteiger partial charge in [-0.05, 0) is 32.5 Å². The van der Waals surface area contributed by atoms with Crippen molar-refractivity contribution in [1.82, 2.24) is 15.5 Å². The van der Waals surface area contributed by atoms with Crippen molar-refractivity contribution in [3.05, 3.63) is 35.5 Å². The third kappa shape index (κ3) is 2.34. The molecule has 0 radical (unpaired) electrons. The van der Waals surface area contributed by atoms with Crippen LogP contribution in [0.1, 0.15) is 24.4 Å². The number of hydrogen-bond donors (Lipinski definition) is 1. The van der Waals surface area contributed by atoms with E-state index in [1.165, 1.54) is 6.07 Å². The highest BCUT2D eigenvalue weighted by Gasteiger charge is 2.14. The number of aryl methyl sites for hydroxylation is 1. The first kappa shape index (κ1) is 11.7. The molecule has 0 saturated heterocycles. The van der Waals surface area contributed by atoms with E-state index in [1.54, 1.807) is 26.1 Å². The summed E-state index contributed by atoms with van der Waals surface area (Å²) < 4.78 is 18.5. The molecule has 90 valence electrons. The SMILES string of the molecule is CNC(C)c1nc(-c2ccc(C)c(F)c2)no1. The second kappa shape index (κ2) is 4.63. The van der Waals surface area contributed by atoms with Gasteiger partial charge in [0.2, 0.25) is 11.7 Å². The van der Waals surface area contributed by atoms with E-state index in [0.717, 1.165) is 0 Å². The maximum Gasteiger partial charge on any atom is 0.243 e. The first-order valence-electron chi connectivity index (χ1n) is 5.39. The molecule has 2 rings (SSSR count). The Bertz CT molecular complexity index is 524. The highest BCUT2D eigenvalue weighted by atomic mass is 19.1. The van der Waals surface area contributed by atoms with Gasteiger partial charge < -0.3 is 9.84 Å². The predicted octanol–water partition coefficient (Wildman–Crippen LogP) is 2.46. The summed E-state index contributed by atoms with van der Waals surface area (Å²) in [7, 11) is 1.81. The maximum atomic E-state index is 13.4. The van der Waals surface area contributed by atoms with Crippen LogP contribution in [0.25, 0.3) is 11.4 Å². The lowest BCUT2D eigenvalue weighted by Crippen LogP contribution is -2.12. The van der Waals surface area contributed by atoms with E-state index in [1.807, 2.05) is 6.92 Å². The fraction of sp³-hybridized carbons (Fsp3) is 0.333. The van der Waals surface area contributed by atoms with E-state index in [0.29, 0.717) is 22.8 Å². The van der Waals surface area contributed by atoms with Gasteiger partial charge in [0, 0.05) is 5.56 Å². The summed E-state index contributed by atoms with van der Waals surface area (Å²) in [4.78, 5) is 4.22. The number of aromatic nitrogens is 2. The van der Waals surface area contributed by atoms with Crippen molar-refractivity contribution in [3.8, 4) is 11.4 Å². The fourth-order valence-corrected chi connectivity index (χ4v) is 1.38. The van der Waals surface area contributed by atoms with Crippen LogP contribution in [0.15, 0.2) is 22.7 Å². The van der Waals surface area contributed by atoms with Gasteiger partial charge in [0.05, 0.1) is 6.04 Å². The van der Waals surface area contributed by atoms with Crippen LogP contribution in [0.2, 0.25) is 0 Å². The summed E-state index contributed by atoms with van der Waals surface area (Å²) in [6.45, 7) is 3.62. The normalized spacial score (nSPS) is 12.7. The number of hydrogen-bond acceptors (Lipinski definition) is 4. The first-order valence-corrected chi connectivity index (χ1v) is 5.39. The summed E-state index contributed by atoms with van der Waals surface area (Å²) in [5, 5.41) is 6.83. The van der Waals surface area contributed by atoms with Crippen molar-refractivity contribution in [2.45, 2.75) is 19.9 Å².